The summed E-state index contributed by atoms with van der Waals surface area (Å²) < 4.78 is 38.6. The predicted molar refractivity (Wildman–Crippen MR) is 55.6 cm³/mol. The van der Waals surface area contributed by atoms with Crippen molar-refractivity contribution in [2.45, 2.75) is 38.7 Å². The summed E-state index contributed by atoms with van der Waals surface area (Å²) in [6.45, 7) is 1.68. The van der Waals surface area contributed by atoms with Gasteiger partial charge in [0.05, 0.1) is 6.10 Å². The van der Waals surface area contributed by atoms with Gasteiger partial charge >= 0.3 is 0 Å². The number of aliphatic hydroxyl groups excluding tert-OH is 1. The molecule has 1 atom stereocenters. The molecule has 1 N–H and O–H groups in total. The van der Waals surface area contributed by atoms with Gasteiger partial charge in [-0.15, -0.1) is 0 Å². The Kier molecular flexibility index (Phi) is 4.80. The maximum atomic E-state index is 13.2. The number of rotatable bonds is 5. The molecule has 0 spiro atoms. The fraction of sp³-hybridized carbons (Fsp3) is 0.500. The van der Waals surface area contributed by atoms with E-state index in [1.807, 2.05) is 0 Å². The highest BCUT2D eigenvalue weighted by Crippen LogP contribution is 2.16. The SMILES string of the molecule is CC(O)CCCCc1cc(F)c(F)cc1F. The van der Waals surface area contributed by atoms with Crippen molar-refractivity contribution in [3.63, 3.8) is 0 Å². The number of benzene rings is 1. The number of aryl methyl sites for hydroxylation is 1. The minimum atomic E-state index is -1.16. The monoisotopic (exact) mass is 232 g/mol. The molecule has 0 fully saturated rings. The van der Waals surface area contributed by atoms with Crippen LogP contribution >= 0.6 is 0 Å². The van der Waals surface area contributed by atoms with Crippen molar-refractivity contribution >= 4 is 0 Å². The molecule has 16 heavy (non-hydrogen) atoms. The Morgan fingerprint density at radius 3 is 2.31 bits per heavy atom. The first kappa shape index (κ1) is 13.0. The van der Waals surface area contributed by atoms with Crippen LogP contribution in [0.2, 0.25) is 0 Å². The highest BCUT2D eigenvalue weighted by atomic mass is 19.2. The van der Waals surface area contributed by atoms with Crippen LogP contribution in [0.15, 0.2) is 12.1 Å². The van der Waals surface area contributed by atoms with Crippen LogP contribution in [-0.4, -0.2) is 11.2 Å². The van der Waals surface area contributed by atoms with Gasteiger partial charge in [-0.1, -0.05) is 6.42 Å². The Morgan fingerprint density at radius 1 is 1.06 bits per heavy atom. The smallest absolute Gasteiger partial charge is 0.161 e. The molecule has 0 radical (unpaired) electrons. The van der Waals surface area contributed by atoms with E-state index in [2.05, 4.69) is 0 Å². The van der Waals surface area contributed by atoms with Gasteiger partial charge in [-0.05, 0) is 37.8 Å². The Hall–Kier alpha value is -1.03. The van der Waals surface area contributed by atoms with Crippen molar-refractivity contribution in [1.29, 1.82) is 0 Å². The lowest BCUT2D eigenvalue weighted by Gasteiger charge is -2.05. The molecule has 1 aromatic rings. The van der Waals surface area contributed by atoms with Gasteiger partial charge in [-0.2, -0.15) is 0 Å². The van der Waals surface area contributed by atoms with Crippen LogP contribution in [0.4, 0.5) is 13.2 Å². The summed E-state index contributed by atoms with van der Waals surface area (Å²) in [5, 5.41) is 9.00. The van der Waals surface area contributed by atoms with Crippen LogP contribution < -0.4 is 0 Å². The summed E-state index contributed by atoms with van der Waals surface area (Å²) in [5.41, 5.74) is 0.185. The van der Waals surface area contributed by atoms with Crippen molar-refractivity contribution in [3.8, 4) is 0 Å². The first-order chi connectivity index (χ1) is 7.50. The van der Waals surface area contributed by atoms with Crippen molar-refractivity contribution in [2.24, 2.45) is 0 Å². The Bertz CT molecular complexity index is 350. The quantitative estimate of drug-likeness (QED) is 0.610. The molecule has 0 aliphatic carbocycles. The topological polar surface area (TPSA) is 20.2 Å². The highest BCUT2D eigenvalue weighted by Gasteiger charge is 2.09. The summed E-state index contributed by atoms with van der Waals surface area (Å²) >= 11 is 0. The second-order valence-electron chi connectivity index (χ2n) is 3.95. The van der Waals surface area contributed by atoms with Crippen LogP contribution in [0.5, 0.6) is 0 Å². The molecule has 0 saturated heterocycles. The van der Waals surface area contributed by atoms with E-state index in [1.54, 1.807) is 6.92 Å². The minimum Gasteiger partial charge on any atom is -0.393 e. The highest BCUT2D eigenvalue weighted by molar-refractivity contribution is 5.20. The standard InChI is InChI=1S/C12H15F3O/c1-8(16)4-2-3-5-9-6-11(14)12(15)7-10(9)13/h6-8,16H,2-5H2,1H3. The van der Waals surface area contributed by atoms with E-state index in [9.17, 15) is 13.2 Å². The third-order valence-electron chi connectivity index (χ3n) is 2.41. The molecule has 0 aromatic heterocycles. The second kappa shape index (κ2) is 5.89. The number of hydrogen-bond acceptors (Lipinski definition) is 1. The van der Waals surface area contributed by atoms with Crippen LogP contribution in [0.25, 0.3) is 0 Å². The van der Waals surface area contributed by atoms with E-state index in [1.165, 1.54) is 0 Å². The molecule has 1 nitrogen and oxygen atoms in total. The van der Waals surface area contributed by atoms with Crippen molar-refractivity contribution in [1.82, 2.24) is 0 Å². The van der Waals surface area contributed by atoms with Crippen molar-refractivity contribution in [2.75, 3.05) is 0 Å². The molecule has 0 aliphatic heterocycles. The maximum absolute atomic E-state index is 13.2. The molecule has 0 bridgehead atoms. The normalized spacial score (nSPS) is 12.8. The lowest BCUT2D eigenvalue weighted by molar-refractivity contribution is 0.180. The zero-order valence-electron chi connectivity index (χ0n) is 9.14. The number of hydrogen-bond donors (Lipinski definition) is 1. The molecule has 0 amide bonds. The van der Waals surface area contributed by atoms with Crippen LogP contribution in [0.1, 0.15) is 31.7 Å². The van der Waals surface area contributed by atoms with E-state index in [4.69, 9.17) is 5.11 Å². The van der Waals surface area contributed by atoms with Gasteiger partial charge in [0.1, 0.15) is 5.82 Å². The zero-order valence-corrected chi connectivity index (χ0v) is 9.14. The fourth-order valence-corrected chi connectivity index (χ4v) is 1.51. The van der Waals surface area contributed by atoms with Gasteiger partial charge in [0, 0.05) is 6.07 Å². The van der Waals surface area contributed by atoms with Crippen molar-refractivity contribution in [3.05, 3.63) is 35.1 Å². The maximum Gasteiger partial charge on any atom is 0.161 e. The van der Waals surface area contributed by atoms with Gasteiger partial charge in [0.15, 0.2) is 11.6 Å². The zero-order chi connectivity index (χ0) is 12.1. The average Bonchev–Trinajstić information content (AvgIpc) is 2.19. The van der Waals surface area contributed by atoms with Gasteiger partial charge in [0.25, 0.3) is 0 Å². The van der Waals surface area contributed by atoms with Gasteiger partial charge in [0.2, 0.25) is 0 Å². The van der Waals surface area contributed by atoms with Crippen LogP contribution in [0.3, 0.4) is 0 Å². The molecule has 0 heterocycles. The summed E-state index contributed by atoms with van der Waals surface area (Å²) in [6.07, 6.45) is 1.99. The van der Waals surface area contributed by atoms with Gasteiger partial charge in [-0.3, -0.25) is 0 Å². The average molecular weight is 232 g/mol. The van der Waals surface area contributed by atoms with Crippen molar-refractivity contribution < 1.29 is 18.3 Å². The van der Waals surface area contributed by atoms with Crippen LogP contribution in [-0.2, 0) is 6.42 Å². The molecule has 1 aromatic carbocycles. The molecule has 0 saturated carbocycles. The molecular formula is C12H15F3O. The molecule has 1 unspecified atom stereocenters. The van der Waals surface area contributed by atoms with Crippen LogP contribution in [0, 0.1) is 17.5 Å². The lowest BCUT2D eigenvalue weighted by Crippen LogP contribution is -2.00. The van der Waals surface area contributed by atoms with E-state index in [0.717, 1.165) is 12.5 Å². The predicted octanol–water partition coefficient (Wildman–Crippen LogP) is 3.20. The van der Waals surface area contributed by atoms with Gasteiger partial charge in [-0.25, -0.2) is 13.2 Å². The molecule has 1 rings (SSSR count). The van der Waals surface area contributed by atoms with Gasteiger partial charge < -0.3 is 5.11 Å². The second-order valence-corrected chi connectivity index (χ2v) is 3.95. The third kappa shape index (κ3) is 3.85. The number of aliphatic hydroxyl groups is 1. The summed E-state index contributed by atoms with van der Waals surface area (Å²) in [7, 11) is 0. The fourth-order valence-electron chi connectivity index (χ4n) is 1.51. The first-order valence-corrected chi connectivity index (χ1v) is 5.32. The van der Waals surface area contributed by atoms with E-state index in [0.29, 0.717) is 25.3 Å². The van der Waals surface area contributed by atoms with E-state index >= 15 is 0 Å². The third-order valence-corrected chi connectivity index (χ3v) is 2.41. The Morgan fingerprint density at radius 2 is 1.69 bits per heavy atom. The van der Waals surface area contributed by atoms with E-state index < -0.39 is 17.5 Å². The minimum absolute atomic E-state index is 0.185. The Balaban J connectivity index is 2.51. The molecule has 0 aliphatic rings. The lowest BCUT2D eigenvalue weighted by atomic mass is 10.0. The Labute approximate surface area is 92.9 Å². The summed E-state index contributed by atoms with van der Waals surface area (Å²) in [4.78, 5) is 0. The number of halogens is 3. The first-order valence-electron chi connectivity index (χ1n) is 5.32. The summed E-state index contributed by atoms with van der Waals surface area (Å²) in [5.74, 6) is -2.90. The molecule has 4 heteroatoms. The molecule has 90 valence electrons. The largest absolute Gasteiger partial charge is 0.393 e. The van der Waals surface area contributed by atoms with E-state index in [-0.39, 0.29) is 11.7 Å². The molecular weight excluding hydrogens is 217 g/mol. The summed E-state index contributed by atoms with van der Waals surface area (Å²) in [6, 6.07) is 1.46. The number of unbranched alkanes of at least 4 members (excludes halogenated alkanes) is 1.